The Hall–Kier alpha value is 0.580. The summed E-state index contributed by atoms with van der Waals surface area (Å²) in [4.78, 5) is 0. The normalized spacial score (nSPS) is 10.6. The molecule has 0 heterocycles. The maximum Gasteiger partial charge on any atom is 0.0223 e. The molecule has 0 aliphatic heterocycles. The molecule has 0 amide bonds. The first-order chi connectivity index (χ1) is 6.41. The molecule has 0 fully saturated rings. The van der Waals surface area contributed by atoms with E-state index in [-0.39, 0.29) is 0 Å². The zero-order valence-electron chi connectivity index (χ0n) is 8.53. The Bertz CT molecular complexity index is 74.2. The highest BCUT2D eigenvalue weighted by molar-refractivity contribution is 6.18. The monoisotopic (exact) mass is 224 g/mol. The summed E-state index contributed by atoms with van der Waals surface area (Å²) < 4.78 is 0. The van der Waals surface area contributed by atoms with Crippen LogP contribution in [-0.4, -0.2) is 11.8 Å². The van der Waals surface area contributed by atoms with Crippen LogP contribution in [0.3, 0.4) is 0 Å². The predicted octanol–water partition coefficient (Wildman–Crippen LogP) is 4.97. The number of unbranched alkanes of at least 4 members (excludes halogenated alkanes) is 8. The fourth-order valence-corrected chi connectivity index (χ4v) is 1.80. The minimum Gasteiger partial charge on any atom is -0.127 e. The minimum atomic E-state index is 0.829. The molecule has 0 spiro atoms. The Labute approximate surface area is 93.0 Å². The second kappa shape index (κ2) is 12.6. The summed E-state index contributed by atoms with van der Waals surface area (Å²) in [6.07, 6.45) is 11.9. The number of hydrogen-bond acceptors (Lipinski definition) is 0. The molecule has 80 valence electrons. The summed E-state index contributed by atoms with van der Waals surface area (Å²) in [5.74, 6) is 1.66. The van der Waals surface area contributed by atoms with Crippen molar-refractivity contribution in [1.29, 1.82) is 0 Å². The molecule has 13 heavy (non-hydrogen) atoms. The lowest BCUT2D eigenvalue weighted by Crippen LogP contribution is -1.82. The molecular formula is C11H22Cl2. The van der Waals surface area contributed by atoms with Crippen molar-refractivity contribution in [3.63, 3.8) is 0 Å². The third kappa shape index (κ3) is 12.6. The topological polar surface area (TPSA) is 0 Å². The van der Waals surface area contributed by atoms with Gasteiger partial charge in [-0.1, -0.05) is 44.9 Å². The van der Waals surface area contributed by atoms with E-state index in [2.05, 4.69) is 0 Å². The zero-order valence-corrected chi connectivity index (χ0v) is 10.0. The molecule has 0 aromatic carbocycles. The quantitative estimate of drug-likeness (QED) is 0.363. The van der Waals surface area contributed by atoms with Crippen molar-refractivity contribution in [1.82, 2.24) is 0 Å². The number of rotatable bonds is 10. The lowest BCUT2D eigenvalue weighted by molar-refractivity contribution is 0.573. The van der Waals surface area contributed by atoms with Gasteiger partial charge in [0.15, 0.2) is 0 Å². The summed E-state index contributed by atoms with van der Waals surface area (Å²) in [5, 5.41) is 0. The van der Waals surface area contributed by atoms with Gasteiger partial charge in [-0.2, -0.15) is 0 Å². The minimum absolute atomic E-state index is 0.829. The molecule has 0 bridgehead atoms. The third-order valence-electron chi connectivity index (χ3n) is 2.27. The molecule has 0 nitrogen and oxygen atoms in total. The Morgan fingerprint density at radius 3 is 0.846 bits per heavy atom. The van der Waals surface area contributed by atoms with Gasteiger partial charge < -0.3 is 0 Å². The number of hydrogen-bond donors (Lipinski definition) is 0. The van der Waals surface area contributed by atoms with E-state index in [0.717, 1.165) is 11.8 Å². The molecule has 0 aromatic heterocycles. The lowest BCUT2D eigenvalue weighted by Gasteiger charge is -2.00. The maximum atomic E-state index is 5.59. The third-order valence-corrected chi connectivity index (χ3v) is 2.80. The van der Waals surface area contributed by atoms with Gasteiger partial charge in [0.1, 0.15) is 0 Å². The lowest BCUT2D eigenvalue weighted by atomic mass is 10.1. The molecule has 0 aliphatic rings. The largest absolute Gasteiger partial charge is 0.127 e. The first kappa shape index (κ1) is 13.6. The summed E-state index contributed by atoms with van der Waals surface area (Å²) >= 11 is 11.2. The number of halogens is 2. The molecule has 0 atom stereocenters. The van der Waals surface area contributed by atoms with E-state index < -0.39 is 0 Å². The smallest absolute Gasteiger partial charge is 0.0223 e. The van der Waals surface area contributed by atoms with Crippen molar-refractivity contribution in [2.45, 2.75) is 57.8 Å². The first-order valence-corrected chi connectivity index (χ1v) is 6.60. The van der Waals surface area contributed by atoms with Crippen LogP contribution in [0.2, 0.25) is 0 Å². The van der Waals surface area contributed by atoms with E-state index in [0.29, 0.717) is 0 Å². The van der Waals surface area contributed by atoms with Crippen LogP contribution in [0.1, 0.15) is 57.8 Å². The molecule has 0 saturated heterocycles. The first-order valence-electron chi connectivity index (χ1n) is 5.53. The van der Waals surface area contributed by atoms with E-state index in [1.54, 1.807) is 0 Å². The van der Waals surface area contributed by atoms with Crippen LogP contribution in [0.4, 0.5) is 0 Å². The van der Waals surface area contributed by atoms with Gasteiger partial charge in [-0.05, 0) is 12.8 Å². The molecule has 0 N–H and O–H groups in total. The van der Waals surface area contributed by atoms with E-state index in [1.807, 2.05) is 0 Å². The van der Waals surface area contributed by atoms with E-state index in [4.69, 9.17) is 23.2 Å². The Morgan fingerprint density at radius 2 is 0.615 bits per heavy atom. The standard InChI is InChI=1S/C11H22Cl2/c12-10-8-6-4-2-1-3-5-7-9-11-13/h1-11H2. The fourth-order valence-electron chi connectivity index (χ4n) is 1.43. The zero-order chi connectivity index (χ0) is 9.78. The Morgan fingerprint density at radius 1 is 0.385 bits per heavy atom. The average molecular weight is 225 g/mol. The van der Waals surface area contributed by atoms with E-state index in [1.165, 1.54) is 57.8 Å². The van der Waals surface area contributed by atoms with Crippen LogP contribution in [0.15, 0.2) is 0 Å². The Kier molecular flexibility index (Phi) is 13.1. The summed E-state index contributed by atoms with van der Waals surface area (Å²) in [6.45, 7) is 0. The van der Waals surface area contributed by atoms with Gasteiger partial charge in [-0.15, -0.1) is 23.2 Å². The van der Waals surface area contributed by atoms with Crippen LogP contribution in [0, 0.1) is 0 Å². The van der Waals surface area contributed by atoms with Crippen LogP contribution in [-0.2, 0) is 0 Å². The van der Waals surface area contributed by atoms with E-state index >= 15 is 0 Å². The van der Waals surface area contributed by atoms with Crippen LogP contribution >= 0.6 is 23.2 Å². The second-order valence-electron chi connectivity index (χ2n) is 3.56. The molecular weight excluding hydrogens is 203 g/mol. The van der Waals surface area contributed by atoms with Crippen molar-refractivity contribution in [2.24, 2.45) is 0 Å². The molecule has 0 aromatic rings. The molecule has 0 rings (SSSR count). The van der Waals surface area contributed by atoms with Crippen molar-refractivity contribution in [3.8, 4) is 0 Å². The van der Waals surface area contributed by atoms with Gasteiger partial charge in [0.05, 0.1) is 0 Å². The van der Waals surface area contributed by atoms with Crippen molar-refractivity contribution >= 4 is 23.2 Å². The van der Waals surface area contributed by atoms with Crippen molar-refractivity contribution in [2.75, 3.05) is 11.8 Å². The highest BCUT2D eigenvalue weighted by atomic mass is 35.5. The van der Waals surface area contributed by atoms with E-state index in [9.17, 15) is 0 Å². The Balaban J connectivity index is 2.76. The summed E-state index contributed by atoms with van der Waals surface area (Å²) in [7, 11) is 0. The predicted molar refractivity (Wildman–Crippen MR) is 63.0 cm³/mol. The summed E-state index contributed by atoms with van der Waals surface area (Å²) in [5.41, 5.74) is 0. The van der Waals surface area contributed by atoms with Gasteiger partial charge in [-0.3, -0.25) is 0 Å². The molecule has 2 heteroatoms. The highest BCUT2D eigenvalue weighted by Gasteiger charge is 1.91. The average Bonchev–Trinajstić information content (AvgIpc) is 2.16. The van der Waals surface area contributed by atoms with Gasteiger partial charge >= 0.3 is 0 Å². The maximum absolute atomic E-state index is 5.59. The van der Waals surface area contributed by atoms with Crippen LogP contribution < -0.4 is 0 Å². The van der Waals surface area contributed by atoms with Crippen molar-refractivity contribution in [3.05, 3.63) is 0 Å². The fraction of sp³-hybridized carbons (Fsp3) is 1.00. The second-order valence-corrected chi connectivity index (χ2v) is 4.32. The molecule has 0 aliphatic carbocycles. The SMILES string of the molecule is ClCCCCCCCCCCCCl. The number of alkyl halides is 2. The van der Waals surface area contributed by atoms with Gasteiger partial charge in [0.25, 0.3) is 0 Å². The van der Waals surface area contributed by atoms with Crippen LogP contribution in [0.5, 0.6) is 0 Å². The van der Waals surface area contributed by atoms with Crippen molar-refractivity contribution < 1.29 is 0 Å². The highest BCUT2D eigenvalue weighted by Crippen LogP contribution is 2.10. The molecule has 0 radical (unpaired) electrons. The van der Waals surface area contributed by atoms with Gasteiger partial charge in [0.2, 0.25) is 0 Å². The van der Waals surface area contributed by atoms with Crippen LogP contribution in [0.25, 0.3) is 0 Å². The molecule has 0 unspecified atom stereocenters. The summed E-state index contributed by atoms with van der Waals surface area (Å²) in [6, 6.07) is 0. The van der Waals surface area contributed by atoms with Gasteiger partial charge in [0, 0.05) is 11.8 Å². The molecule has 0 saturated carbocycles. The van der Waals surface area contributed by atoms with Gasteiger partial charge in [-0.25, -0.2) is 0 Å².